The van der Waals surface area contributed by atoms with Gasteiger partial charge in [0.05, 0.1) is 6.10 Å². The normalized spacial score (nSPS) is 33.2. The first-order chi connectivity index (χ1) is 5.74. The van der Waals surface area contributed by atoms with Crippen LogP contribution in [0.25, 0.3) is 0 Å². The first-order valence-electron chi connectivity index (χ1n) is 5.35. The molecular formula is C11H22O. The highest BCUT2D eigenvalue weighted by atomic mass is 16.5. The van der Waals surface area contributed by atoms with Gasteiger partial charge in [0, 0.05) is 6.61 Å². The number of ether oxygens (including phenoxy) is 1. The highest BCUT2D eigenvalue weighted by Gasteiger charge is 2.22. The lowest BCUT2D eigenvalue weighted by Crippen LogP contribution is -2.25. The van der Waals surface area contributed by atoms with Gasteiger partial charge in [0.2, 0.25) is 0 Å². The van der Waals surface area contributed by atoms with Crippen LogP contribution in [0.4, 0.5) is 0 Å². The van der Waals surface area contributed by atoms with E-state index in [0.717, 1.165) is 18.4 Å². The molecule has 0 aromatic heterocycles. The van der Waals surface area contributed by atoms with Gasteiger partial charge in [0.25, 0.3) is 0 Å². The van der Waals surface area contributed by atoms with Crippen molar-refractivity contribution in [1.82, 2.24) is 0 Å². The maximum Gasteiger partial charge on any atom is 0.0575 e. The molecule has 72 valence electrons. The zero-order valence-electron chi connectivity index (χ0n) is 8.68. The number of hydrogen-bond acceptors (Lipinski definition) is 1. The summed E-state index contributed by atoms with van der Waals surface area (Å²) < 4.78 is 5.62. The van der Waals surface area contributed by atoms with E-state index in [2.05, 4.69) is 20.8 Å². The summed E-state index contributed by atoms with van der Waals surface area (Å²) in [6.07, 6.45) is 6.05. The molecule has 1 nitrogen and oxygen atoms in total. The zero-order valence-corrected chi connectivity index (χ0v) is 8.68. The van der Waals surface area contributed by atoms with Crippen LogP contribution in [0.15, 0.2) is 0 Å². The zero-order chi connectivity index (χ0) is 8.97. The molecule has 1 rings (SSSR count). The molecular weight excluding hydrogens is 148 g/mol. The summed E-state index contributed by atoms with van der Waals surface area (Å²) in [5.74, 6) is 1.79. The molecule has 0 amide bonds. The summed E-state index contributed by atoms with van der Waals surface area (Å²) in [7, 11) is 0. The Morgan fingerprint density at radius 1 is 1.25 bits per heavy atom. The second-order valence-electron chi connectivity index (χ2n) is 4.18. The van der Waals surface area contributed by atoms with Crippen LogP contribution in [0.3, 0.4) is 0 Å². The molecule has 0 aromatic carbocycles. The van der Waals surface area contributed by atoms with Gasteiger partial charge in [-0.05, 0) is 38.5 Å². The molecule has 0 radical (unpaired) electrons. The second-order valence-corrected chi connectivity index (χ2v) is 4.18. The van der Waals surface area contributed by atoms with Gasteiger partial charge in [-0.1, -0.05) is 19.8 Å². The summed E-state index contributed by atoms with van der Waals surface area (Å²) in [6.45, 7) is 7.54. The highest BCUT2D eigenvalue weighted by molar-refractivity contribution is 4.74. The average molecular weight is 170 g/mol. The molecule has 0 heterocycles. The van der Waals surface area contributed by atoms with E-state index in [1.165, 1.54) is 25.7 Å². The van der Waals surface area contributed by atoms with Crippen molar-refractivity contribution in [2.75, 3.05) is 6.61 Å². The largest absolute Gasteiger partial charge is 0.379 e. The molecule has 1 fully saturated rings. The smallest absolute Gasteiger partial charge is 0.0575 e. The van der Waals surface area contributed by atoms with Crippen LogP contribution in [0.2, 0.25) is 0 Å². The van der Waals surface area contributed by atoms with Gasteiger partial charge < -0.3 is 4.74 Å². The second kappa shape index (κ2) is 4.86. The van der Waals surface area contributed by atoms with E-state index >= 15 is 0 Å². The van der Waals surface area contributed by atoms with E-state index in [-0.39, 0.29) is 0 Å². The van der Waals surface area contributed by atoms with E-state index in [1.807, 2.05) is 0 Å². The predicted octanol–water partition coefficient (Wildman–Crippen LogP) is 3.24. The van der Waals surface area contributed by atoms with Gasteiger partial charge in [-0.25, -0.2) is 0 Å². The standard InChI is InChI=1S/C11H22O/c1-4-12-10(3)11-7-5-9(2)6-8-11/h9-11H,4-8H2,1-3H3. The molecule has 0 saturated heterocycles. The molecule has 1 unspecified atom stereocenters. The van der Waals surface area contributed by atoms with Gasteiger partial charge >= 0.3 is 0 Å². The van der Waals surface area contributed by atoms with Crippen LogP contribution in [0, 0.1) is 11.8 Å². The molecule has 1 aliphatic rings. The Bertz CT molecular complexity index is 114. The SMILES string of the molecule is CCOC(C)C1CCC(C)CC1. The third-order valence-electron chi connectivity index (χ3n) is 3.15. The molecule has 1 atom stereocenters. The fourth-order valence-electron chi connectivity index (χ4n) is 2.15. The van der Waals surface area contributed by atoms with E-state index < -0.39 is 0 Å². The van der Waals surface area contributed by atoms with E-state index in [1.54, 1.807) is 0 Å². The Labute approximate surface area is 76.5 Å². The van der Waals surface area contributed by atoms with Crippen LogP contribution in [0.1, 0.15) is 46.5 Å². The van der Waals surface area contributed by atoms with Crippen molar-refractivity contribution >= 4 is 0 Å². The van der Waals surface area contributed by atoms with Gasteiger partial charge in [-0.3, -0.25) is 0 Å². The van der Waals surface area contributed by atoms with Crippen molar-refractivity contribution in [2.24, 2.45) is 11.8 Å². The molecule has 1 saturated carbocycles. The fourth-order valence-corrected chi connectivity index (χ4v) is 2.15. The van der Waals surface area contributed by atoms with Crippen LogP contribution >= 0.6 is 0 Å². The predicted molar refractivity (Wildman–Crippen MR) is 52.2 cm³/mol. The van der Waals surface area contributed by atoms with E-state index in [0.29, 0.717) is 6.10 Å². The highest BCUT2D eigenvalue weighted by Crippen LogP contribution is 2.31. The average Bonchev–Trinajstić information content (AvgIpc) is 2.06. The van der Waals surface area contributed by atoms with Gasteiger partial charge in [-0.15, -0.1) is 0 Å². The van der Waals surface area contributed by atoms with E-state index in [4.69, 9.17) is 4.74 Å². The van der Waals surface area contributed by atoms with Gasteiger partial charge in [0.1, 0.15) is 0 Å². The minimum Gasteiger partial charge on any atom is -0.379 e. The van der Waals surface area contributed by atoms with Crippen LogP contribution < -0.4 is 0 Å². The molecule has 0 bridgehead atoms. The first-order valence-corrected chi connectivity index (χ1v) is 5.35. The third kappa shape index (κ3) is 2.78. The summed E-state index contributed by atoms with van der Waals surface area (Å²) in [4.78, 5) is 0. The first kappa shape index (κ1) is 10.0. The summed E-state index contributed by atoms with van der Waals surface area (Å²) in [5, 5.41) is 0. The Balaban J connectivity index is 2.24. The molecule has 0 spiro atoms. The number of rotatable bonds is 3. The minimum absolute atomic E-state index is 0.488. The fraction of sp³-hybridized carbons (Fsp3) is 1.00. The Morgan fingerprint density at radius 2 is 1.83 bits per heavy atom. The van der Waals surface area contributed by atoms with Gasteiger partial charge in [0.15, 0.2) is 0 Å². The summed E-state index contributed by atoms with van der Waals surface area (Å²) >= 11 is 0. The van der Waals surface area contributed by atoms with Gasteiger partial charge in [-0.2, -0.15) is 0 Å². The third-order valence-corrected chi connectivity index (χ3v) is 3.15. The van der Waals surface area contributed by atoms with E-state index in [9.17, 15) is 0 Å². The maximum absolute atomic E-state index is 5.62. The summed E-state index contributed by atoms with van der Waals surface area (Å²) in [5.41, 5.74) is 0. The van der Waals surface area contributed by atoms with Crippen LogP contribution in [-0.4, -0.2) is 12.7 Å². The van der Waals surface area contributed by atoms with Crippen molar-refractivity contribution in [3.8, 4) is 0 Å². The molecule has 0 N–H and O–H groups in total. The molecule has 0 aromatic rings. The number of hydrogen-bond donors (Lipinski definition) is 0. The molecule has 0 aliphatic heterocycles. The Hall–Kier alpha value is -0.0400. The molecule has 12 heavy (non-hydrogen) atoms. The Morgan fingerprint density at radius 3 is 2.33 bits per heavy atom. The van der Waals surface area contributed by atoms with Crippen LogP contribution in [-0.2, 0) is 4.74 Å². The molecule has 1 heteroatoms. The quantitative estimate of drug-likeness (QED) is 0.632. The minimum atomic E-state index is 0.488. The van der Waals surface area contributed by atoms with Crippen LogP contribution in [0.5, 0.6) is 0 Å². The lowest BCUT2D eigenvalue weighted by molar-refractivity contribution is 0.0157. The monoisotopic (exact) mass is 170 g/mol. The lowest BCUT2D eigenvalue weighted by Gasteiger charge is -2.30. The molecule has 1 aliphatic carbocycles. The van der Waals surface area contributed by atoms with Crippen molar-refractivity contribution in [2.45, 2.75) is 52.6 Å². The lowest BCUT2D eigenvalue weighted by atomic mass is 9.80. The topological polar surface area (TPSA) is 9.23 Å². The summed E-state index contributed by atoms with van der Waals surface area (Å²) in [6, 6.07) is 0. The van der Waals surface area contributed by atoms with Crippen molar-refractivity contribution < 1.29 is 4.74 Å². The Kier molecular flexibility index (Phi) is 4.07. The maximum atomic E-state index is 5.62. The van der Waals surface area contributed by atoms with Crippen molar-refractivity contribution in [3.05, 3.63) is 0 Å². The van der Waals surface area contributed by atoms with Crippen molar-refractivity contribution in [1.29, 1.82) is 0 Å². The van der Waals surface area contributed by atoms with Crippen molar-refractivity contribution in [3.63, 3.8) is 0 Å².